The number of likely N-dealkylation sites (N-methyl/N-ethyl adjacent to an activating group) is 1. The number of aromatic nitrogens is 1. The van der Waals surface area contributed by atoms with Crippen LogP contribution in [0.15, 0.2) is 54.6 Å². The van der Waals surface area contributed by atoms with Crippen LogP contribution in [0.25, 0.3) is 10.9 Å². The Kier molecular flexibility index (Phi) is 6.06. The number of ether oxygens (including phenoxy) is 1. The van der Waals surface area contributed by atoms with E-state index in [1.54, 1.807) is 19.1 Å². The Bertz CT molecular complexity index is 982. The molecule has 0 fully saturated rings. The van der Waals surface area contributed by atoms with Crippen LogP contribution >= 0.6 is 0 Å². The molecule has 0 unspecified atom stereocenters. The summed E-state index contributed by atoms with van der Waals surface area (Å²) in [6.45, 7) is 4.10. The Morgan fingerprint density at radius 1 is 1.18 bits per heavy atom. The number of carbonyl (C=O) groups excluding carboxylic acids is 1. The van der Waals surface area contributed by atoms with E-state index in [0.717, 1.165) is 12.1 Å². The molecule has 7 nitrogen and oxygen atoms in total. The maximum absolute atomic E-state index is 12.4. The second kappa shape index (κ2) is 8.67. The van der Waals surface area contributed by atoms with E-state index in [0.29, 0.717) is 24.2 Å². The molecule has 3 rings (SSSR count). The average Bonchev–Trinajstić information content (AvgIpc) is 3.05. The van der Waals surface area contributed by atoms with E-state index in [1.165, 1.54) is 17.7 Å². The van der Waals surface area contributed by atoms with Gasteiger partial charge in [-0.2, -0.15) is 0 Å². The summed E-state index contributed by atoms with van der Waals surface area (Å²) < 4.78 is 7.04. The van der Waals surface area contributed by atoms with Crippen molar-refractivity contribution in [3.63, 3.8) is 0 Å². The summed E-state index contributed by atoms with van der Waals surface area (Å²) in [4.78, 5) is 25.2. The van der Waals surface area contributed by atoms with Crippen molar-refractivity contribution in [2.24, 2.45) is 0 Å². The maximum atomic E-state index is 12.4. The minimum absolute atomic E-state index is 0.00116. The SMILES string of the molecule is CCOC(=O)c1cc2cc([N+](=O)[O-])ccc2n1CCN(C)Cc1ccccc1. The molecule has 0 aliphatic carbocycles. The Labute approximate surface area is 163 Å². The molecule has 3 aromatic rings. The standard InChI is InChI=1S/C21H23N3O4/c1-3-28-21(25)20-14-17-13-18(24(26)27)9-10-19(17)23(20)12-11-22(2)15-16-7-5-4-6-8-16/h4-10,13-14H,3,11-12,15H2,1-2H3. The van der Waals surface area contributed by atoms with Gasteiger partial charge in [-0.1, -0.05) is 30.3 Å². The van der Waals surface area contributed by atoms with Crippen molar-refractivity contribution >= 4 is 22.6 Å². The summed E-state index contributed by atoms with van der Waals surface area (Å²) in [6.07, 6.45) is 0. The Morgan fingerprint density at radius 3 is 2.61 bits per heavy atom. The molecule has 0 radical (unpaired) electrons. The van der Waals surface area contributed by atoms with Gasteiger partial charge in [0.05, 0.1) is 11.5 Å². The normalized spacial score (nSPS) is 11.1. The van der Waals surface area contributed by atoms with Gasteiger partial charge in [-0.15, -0.1) is 0 Å². The minimum atomic E-state index is -0.436. The molecule has 7 heteroatoms. The number of nitro groups is 1. The van der Waals surface area contributed by atoms with Crippen molar-refractivity contribution < 1.29 is 14.5 Å². The third-order valence-corrected chi connectivity index (χ3v) is 4.58. The van der Waals surface area contributed by atoms with E-state index < -0.39 is 10.9 Å². The Morgan fingerprint density at radius 2 is 1.93 bits per heavy atom. The van der Waals surface area contributed by atoms with Crippen molar-refractivity contribution in [1.29, 1.82) is 0 Å². The van der Waals surface area contributed by atoms with E-state index in [9.17, 15) is 14.9 Å². The van der Waals surface area contributed by atoms with Gasteiger partial charge in [0, 0.05) is 42.7 Å². The second-order valence-electron chi connectivity index (χ2n) is 6.63. The van der Waals surface area contributed by atoms with Crippen molar-refractivity contribution in [3.8, 4) is 0 Å². The number of fused-ring (bicyclic) bond motifs is 1. The number of hydrogen-bond acceptors (Lipinski definition) is 5. The zero-order chi connectivity index (χ0) is 20.1. The van der Waals surface area contributed by atoms with Crippen molar-refractivity contribution in [2.45, 2.75) is 20.0 Å². The maximum Gasteiger partial charge on any atom is 0.354 e. The zero-order valence-electron chi connectivity index (χ0n) is 16.0. The quantitative estimate of drug-likeness (QED) is 0.336. The van der Waals surface area contributed by atoms with Crippen LogP contribution in [0.4, 0.5) is 5.69 Å². The van der Waals surface area contributed by atoms with Crippen LogP contribution in [0.5, 0.6) is 0 Å². The molecule has 0 saturated carbocycles. The van der Waals surface area contributed by atoms with Gasteiger partial charge in [0.25, 0.3) is 5.69 Å². The molecule has 0 saturated heterocycles. The van der Waals surface area contributed by atoms with Gasteiger partial charge in [0.2, 0.25) is 0 Å². The number of rotatable bonds is 8. The molecule has 1 heterocycles. The van der Waals surface area contributed by atoms with E-state index in [-0.39, 0.29) is 12.3 Å². The molecule has 0 atom stereocenters. The molecule has 28 heavy (non-hydrogen) atoms. The summed E-state index contributed by atoms with van der Waals surface area (Å²) in [5, 5.41) is 11.7. The Hall–Kier alpha value is -3.19. The molecule has 1 aromatic heterocycles. The number of non-ortho nitro benzene ring substituents is 1. The first-order valence-electron chi connectivity index (χ1n) is 9.17. The fourth-order valence-electron chi connectivity index (χ4n) is 3.23. The molecule has 0 aliphatic heterocycles. The predicted octanol–water partition coefficient (Wildman–Crippen LogP) is 3.86. The van der Waals surface area contributed by atoms with Crippen LogP contribution in [0.1, 0.15) is 23.0 Å². The van der Waals surface area contributed by atoms with Crippen LogP contribution in [0.3, 0.4) is 0 Å². The van der Waals surface area contributed by atoms with Crippen LogP contribution in [-0.2, 0) is 17.8 Å². The highest BCUT2D eigenvalue weighted by atomic mass is 16.6. The van der Waals surface area contributed by atoms with Gasteiger partial charge in [0.15, 0.2) is 0 Å². The van der Waals surface area contributed by atoms with Gasteiger partial charge >= 0.3 is 5.97 Å². The first-order valence-corrected chi connectivity index (χ1v) is 9.17. The van der Waals surface area contributed by atoms with Crippen molar-refractivity contribution in [2.75, 3.05) is 20.2 Å². The number of benzene rings is 2. The lowest BCUT2D eigenvalue weighted by Gasteiger charge is -2.18. The smallest absolute Gasteiger partial charge is 0.354 e. The van der Waals surface area contributed by atoms with E-state index in [4.69, 9.17) is 4.74 Å². The monoisotopic (exact) mass is 381 g/mol. The number of carbonyl (C=O) groups is 1. The molecule has 0 amide bonds. The average molecular weight is 381 g/mol. The van der Waals surface area contributed by atoms with E-state index in [2.05, 4.69) is 17.0 Å². The summed E-state index contributed by atoms with van der Waals surface area (Å²) in [5.41, 5.74) is 2.40. The molecule has 0 bridgehead atoms. The van der Waals surface area contributed by atoms with E-state index >= 15 is 0 Å². The zero-order valence-corrected chi connectivity index (χ0v) is 16.0. The number of nitrogens with zero attached hydrogens (tertiary/aromatic N) is 3. The lowest BCUT2D eigenvalue weighted by molar-refractivity contribution is -0.384. The van der Waals surface area contributed by atoms with Gasteiger partial charge in [-0.25, -0.2) is 4.79 Å². The molecule has 146 valence electrons. The molecular formula is C21H23N3O4. The van der Waals surface area contributed by atoms with Crippen molar-refractivity contribution in [3.05, 3.63) is 76.0 Å². The highest BCUT2D eigenvalue weighted by Gasteiger charge is 2.19. The van der Waals surface area contributed by atoms with Crippen molar-refractivity contribution in [1.82, 2.24) is 9.47 Å². The third kappa shape index (κ3) is 4.37. The predicted molar refractivity (Wildman–Crippen MR) is 107 cm³/mol. The van der Waals surface area contributed by atoms with Gasteiger partial charge in [-0.05, 0) is 31.7 Å². The first kappa shape index (κ1) is 19.6. The summed E-state index contributed by atoms with van der Waals surface area (Å²) >= 11 is 0. The molecular weight excluding hydrogens is 358 g/mol. The van der Waals surface area contributed by atoms with Crippen LogP contribution in [0, 0.1) is 10.1 Å². The number of nitro benzene ring substituents is 1. The fraction of sp³-hybridized carbons (Fsp3) is 0.286. The first-order chi connectivity index (χ1) is 13.5. The van der Waals surface area contributed by atoms with Crippen LogP contribution < -0.4 is 0 Å². The number of hydrogen-bond donors (Lipinski definition) is 0. The third-order valence-electron chi connectivity index (χ3n) is 4.58. The van der Waals surface area contributed by atoms with Crippen LogP contribution in [0.2, 0.25) is 0 Å². The molecule has 2 aromatic carbocycles. The largest absolute Gasteiger partial charge is 0.461 e. The number of esters is 1. The summed E-state index contributed by atoms with van der Waals surface area (Å²) in [6, 6.07) is 16.5. The second-order valence-corrected chi connectivity index (χ2v) is 6.63. The molecule has 0 aliphatic rings. The highest BCUT2D eigenvalue weighted by Crippen LogP contribution is 2.25. The van der Waals surface area contributed by atoms with Gasteiger partial charge < -0.3 is 14.2 Å². The lowest BCUT2D eigenvalue weighted by Crippen LogP contribution is -2.24. The summed E-state index contributed by atoms with van der Waals surface area (Å²) in [7, 11) is 2.02. The molecule has 0 N–H and O–H groups in total. The topological polar surface area (TPSA) is 77.6 Å². The van der Waals surface area contributed by atoms with E-state index in [1.807, 2.05) is 29.8 Å². The van der Waals surface area contributed by atoms with Crippen LogP contribution in [-0.4, -0.2) is 40.6 Å². The highest BCUT2D eigenvalue weighted by molar-refractivity contribution is 5.96. The van der Waals surface area contributed by atoms with Gasteiger partial charge in [0.1, 0.15) is 5.69 Å². The fourth-order valence-corrected chi connectivity index (χ4v) is 3.23. The molecule has 0 spiro atoms. The minimum Gasteiger partial charge on any atom is -0.461 e. The Balaban J connectivity index is 1.85. The van der Waals surface area contributed by atoms with Gasteiger partial charge in [-0.3, -0.25) is 10.1 Å². The lowest BCUT2D eigenvalue weighted by atomic mass is 10.2. The summed E-state index contributed by atoms with van der Waals surface area (Å²) in [5.74, 6) is -0.424.